The molecular weight excluding hydrogens is 262 g/mol. The molecule has 3 rings (SSSR count). The molecule has 1 aromatic rings. The zero-order valence-corrected chi connectivity index (χ0v) is 11.3. The third-order valence-corrected chi connectivity index (χ3v) is 5.09. The van der Waals surface area contributed by atoms with Crippen LogP contribution in [0.1, 0.15) is 50.5 Å². The first kappa shape index (κ1) is 13.5. The highest BCUT2D eigenvalue weighted by Gasteiger charge is 2.59. The first-order valence-corrected chi connectivity index (χ1v) is 7.16. The smallest absolute Gasteiger partial charge is 0.314 e. The second-order valence-corrected chi connectivity index (χ2v) is 6.46. The van der Waals surface area contributed by atoms with Gasteiger partial charge in [0.1, 0.15) is 11.6 Å². The molecule has 0 bridgehead atoms. The van der Waals surface area contributed by atoms with Crippen molar-refractivity contribution in [3.05, 3.63) is 35.4 Å². The lowest BCUT2D eigenvalue weighted by Gasteiger charge is -2.56. The van der Waals surface area contributed by atoms with E-state index in [4.69, 9.17) is 0 Å². The molecule has 1 spiro atoms. The Morgan fingerprint density at radius 1 is 1.00 bits per heavy atom. The molecule has 0 amide bonds. The van der Waals surface area contributed by atoms with Crippen LogP contribution in [-0.4, -0.2) is 11.1 Å². The monoisotopic (exact) mass is 280 g/mol. The Labute approximate surface area is 116 Å². The average Bonchev–Trinajstić information content (AvgIpc) is 2.35. The molecule has 0 aromatic heterocycles. The normalized spacial score (nSPS) is 23.3. The zero-order valence-electron chi connectivity index (χ0n) is 11.3. The number of hydrogen-bond donors (Lipinski definition) is 1. The third kappa shape index (κ3) is 2.02. The summed E-state index contributed by atoms with van der Waals surface area (Å²) in [5, 5.41) is 9.59. The van der Waals surface area contributed by atoms with Crippen molar-refractivity contribution in [3.8, 4) is 0 Å². The van der Waals surface area contributed by atoms with E-state index in [-0.39, 0.29) is 11.0 Å². The number of carboxylic acid groups (broad SMARTS) is 1. The molecule has 0 atom stereocenters. The van der Waals surface area contributed by atoms with Crippen LogP contribution in [0.5, 0.6) is 0 Å². The minimum absolute atomic E-state index is 0.0828. The van der Waals surface area contributed by atoms with E-state index in [0.29, 0.717) is 12.8 Å². The summed E-state index contributed by atoms with van der Waals surface area (Å²) < 4.78 is 26.8. The van der Waals surface area contributed by atoms with E-state index < -0.39 is 23.0 Å². The van der Waals surface area contributed by atoms with Gasteiger partial charge in [0.15, 0.2) is 0 Å². The number of halogens is 2. The van der Waals surface area contributed by atoms with E-state index in [1.165, 1.54) is 18.6 Å². The lowest BCUT2D eigenvalue weighted by molar-refractivity contribution is -0.156. The number of benzene rings is 1. The van der Waals surface area contributed by atoms with Crippen LogP contribution < -0.4 is 0 Å². The number of carbonyl (C=O) groups is 1. The third-order valence-electron chi connectivity index (χ3n) is 5.09. The maximum Gasteiger partial charge on any atom is 0.314 e. The summed E-state index contributed by atoms with van der Waals surface area (Å²) in [6.07, 6.45) is 6.58. The van der Waals surface area contributed by atoms with E-state index >= 15 is 0 Å². The Morgan fingerprint density at radius 3 is 2.05 bits per heavy atom. The van der Waals surface area contributed by atoms with E-state index in [9.17, 15) is 18.7 Å². The lowest BCUT2D eigenvalue weighted by atomic mass is 9.46. The Hall–Kier alpha value is -1.45. The Bertz CT molecular complexity index is 519. The SMILES string of the molecule is O=C(O)C1(c2cc(F)cc(F)c2)CC2(CCCCC2)C1. The van der Waals surface area contributed by atoms with Crippen LogP contribution in [-0.2, 0) is 10.2 Å². The molecule has 0 aliphatic heterocycles. The largest absolute Gasteiger partial charge is 0.481 e. The summed E-state index contributed by atoms with van der Waals surface area (Å²) in [5.74, 6) is -2.37. The molecule has 2 nitrogen and oxygen atoms in total. The Morgan fingerprint density at radius 2 is 1.55 bits per heavy atom. The van der Waals surface area contributed by atoms with Crippen molar-refractivity contribution in [2.24, 2.45) is 5.41 Å². The van der Waals surface area contributed by atoms with Gasteiger partial charge in [-0.25, -0.2) is 8.78 Å². The van der Waals surface area contributed by atoms with Crippen molar-refractivity contribution in [1.82, 2.24) is 0 Å². The van der Waals surface area contributed by atoms with Gasteiger partial charge in [-0.3, -0.25) is 4.79 Å². The van der Waals surface area contributed by atoms with E-state index in [0.717, 1.165) is 31.7 Å². The number of rotatable bonds is 2. The summed E-state index contributed by atoms with van der Waals surface area (Å²) in [6.45, 7) is 0. The molecule has 0 heterocycles. The molecule has 2 aliphatic carbocycles. The highest BCUT2D eigenvalue weighted by molar-refractivity contribution is 5.83. The standard InChI is InChI=1S/C16H18F2O2/c17-12-6-11(7-13(18)8-12)16(14(19)20)9-15(10-16)4-2-1-3-5-15/h6-8H,1-5,9-10H2,(H,19,20). The number of carboxylic acids is 1. The molecule has 2 saturated carbocycles. The first-order valence-electron chi connectivity index (χ1n) is 7.16. The summed E-state index contributed by atoms with van der Waals surface area (Å²) in [5.41, 5.74) is -0.738. The highest BCUT2D eigenvalue weighted by atomic mass is 19.1. The van der Waals surface area contributed by atoms with E-state index in [2.05, 4.69) is 0 Å². The van der Waals surface area contributed by atoms with Gasteiger partial charge in [-0.05, 0) is 48.8 Å². The van der Waals surface area contributed by atoms with Crippen molar-refractivity contribution in [2.75, 3.05) is 0 Å². The fourth-order valence-electron chi connectivity index (χ4n) is 4.19. The van der Waals surface area contributed by atoms with Crippen LogP contribution in [0.4, 0.5) is 8.78 Å². The minimum Gasteiger partial charge on any atom is -0.481 e. The van der Waals surface area contributed by atoms with Crippen LogP contribution in [0, 0.1) is 17.0 Å². The van der Waals surface area contributed by atoms with Gasteiger partial charge in [-0.1, -0.05) is 19.3 Å². The van der Waals surface area contributed by atoms with Crippen LogP contribution in [0.15, 0.2) is 18.2 Å². The predicted molar refractivity (Wildman–Crippen MR) is 70.4 cm³/mol. The van der Waals surface area contributed by atoms with Crippen LogP contribution in [0.2, 0.25) is 0 Å². The number of aliphatic carboxylic acids is 1. The molecule has 108 valence electrons. The fourth-order valence-corrected chi connectivity index (χ4v) is 4.19. The molecular formula is C16H18F2O2. The lowest BCUT2D eigenvalue weighted by Crippen LogP contribution is -2.55. The number of hydrogen-bond acceptors (Lipinski definition) is 1. The van der Waals surface area contributed by atoms with Gasteiger partial charge in [0, 0.05) is 6.07 Å². The fraction of sp³-hybridized carbons (Fsp3) is 0.562. The molecule has 20 heavy (non-hydrogen) atoms. The molecule has 0 unspecified atom stereocenters. The maximum atomic E-state index is 13.4. The van der Waals surface area contributed by atoms with E-state index in [1.807, 2.05) is 0 Å². The molecule has 1 N–H and O–H groups in total. The molecule has 4 heteroatoms. The second kappa shape index (κ2) is 4.54. The average molecular weight is 280 g/mol. The zero-order chi connectivity index (χ0) is 14.4. The van der Waals surface area contributed by atoms with Gasteiger partial charge in [0.25, 0.3) is 0 Å². The van der Waals surface area contributed by atoms with Crippen LogP contribution >= 0.6 is 0 Å². The van der Waals surface area contributed by atoms with Gasteiger partial charge in [-0.15, -0.1) is 0 Å². The summed E-state index contributed by atoms with van der Waals surface area (Å²) in [4.78, 5) is 11.7. The van der Waals surface area contributed by atoms with Gasteiger partial charge in [0.2, 0.25) is 0 Å². The van der Waals surface area contributed by atoms with E-state index in [1.54, 1.807) is 0 Å². The summed E-state index contributed by atoms with van der Waals surface area (Å²) in [6, 6.07) is 3.13. The van der Waals surface area contributed by atoms with Crippen molar-refractivity contribution in [1.29, 1.82) is 0 Å². The summed E-state index contributed by atoms with van der Waals surface area (Å²) >= 11 is 0. The van der Waals surface area contributed by atoms with Crippen LogP contribution in [0.3, 0.4) is 0 Å². The van der Waals surface area contributed by atoms with Gasteiger partial charge in [0.05, 0.1) is 5.41 Å². The molecule has 0 saturated heterocycles. The maximum absolute atomic E-state index is 13.4. The van der Waals surface area contributed by atoms with Crippen molar-refractivity contribution >= 4 is 5.97 Å². The predicted octanol–water partition coefficient (Wildman–Crippen LogP) is 4.03. The molecule has 0 radical (unpaired) electrons. The van der Waals surface area contributed by atoms with Gasteiger partial charge >= 0.3 is 5.97 Å². The van der Waals surface area contributed by atoms with Crippen LogP contribution in [0.25, 0.3) is 0 Å². The Balaban J connectivity index is 1.93. The topological polar surface area (TPSA) is 37.3 Å². The Kier molecular flexibility index (Phi) is 3.07. The first-order chi connectivity index (χ1) is 9.46. The second-order valence-electron chi connectivity index (χ2n) is 6.46. The molecule has 2 aliphatic rings. The minimum atomic E-state index is -1.10. The highest BCUT2D eigenvalue weighted by Crippen LogP contribution is 2.62. The van der Waals surface area contributed by atoms with Gasteiger partial charge < -0.3 is 5.11 Å². The molecule has 1 aromatic carbocycles. The quantitative estimate of drug-likeness (QED) is 0.888. The van der Waals surface area contributed by atoms with Crippen molar-refractivity contribution in [2.45, 2.75) is 50.4 Å². The van der Waals surface area contributed by atoms with Crippen molar-refractivity contribution in [3.63, 3.8) is 0 Å². The van der Waals surface area contributed by atoms with Gasteiger partial charge in [-0.2, -0.15) is 0 Å². The molecule has 2 fully saturated rings. The van der Waals surface area contributed by atoms with Crippen molar-refractivity contribution < 1.29 is 18.7 Å². The summed E-state index contributed by atoms with van der Waals surface area (Å²) in [7, 11) is 0.